The Hall–Kier alpha value is -2.82. The van der Waals surface area contributed by atoms with Crippen molar-refractivity contribution in [3.63, 3.8) is 0 Å². The smallest absolute Gasteiger partial charge is 0.355 e. The van der Waals surface area contributed by atoms with E-state index in [1.807, 2.05) is 19.1 Å². The fourth-order valence-electron chi connectivity index (χ4n) is 2.25. The van der Waals surface area contributed by atoms with Gasteiger partial charge in [0.25, 0.3) is 0 Å². The summed E-state index contributed by atoms with van der Waals surface area (Å²) in [6.45, 7) is 1.90. The summed E-state index contributed by atoms with van der Waals surface area (Å²) in [4.78, 5) is 16.0. The van der Waals surface area contributed by atoms with E-state index in [4.69, 9.17) is 5.73 Å². The number of imidazole rings is 1. The van der Waals surface area contributed by atoms with Gasteiger partial charge in [0, 0.05) is 17.4 Å². The standard InChI is InChI=1S/C15H13N3O2/c1-9-3-2-8-18-13(15(19)20)12(17-14(9)18)10-4-6-11(16)7-5-10/h2-8H,16H2,1H3,(H,19,20). The first kappa shape index (κ1) is 12.2. The minimum Gasteiger partial charge on any atom is -0.476 e. The molecular formula is C15H13N3O2. The summed E-state index contributed by atoms with van der Waals surface area (Å²) in [7, 11) is 0. The van der Waals surface area contributed by atoms with Crippen molar-refractivity contribution in [1.29, 1.82) is 0 Å². The highest BCUT2D eigenvalue weighted by atomic mass is 16.4. The average Bonchev–Trinajstić information content (AvgIpc) is 2.80. The Morgan fingerprint density at radius 1 is 1.25 bits per heavy atom. The molecule has 1 aromatic carbocycles. The summed E-state index contributed by atoms with van der Waals surface area (Å²) in [5.74, 6) is -1.00. The molecule has 0 saturated carbocycles. The van der Waals surface area contributed by atoms with Crippen LogP contribution in [0.25, 0.3) is 16.9 Å². The van der Waals surface area contributed by atoms with Gasteiger partial charge < -0.3 is 10.8 Å². The number of carbonyl (C=O) groups is 1. The largest absolute Gasteiger partial charge is 0.476 e. The molecule has 3 aromatic rings. The number of anilines is 1. The maximum Gasteiger partial charge on any atom is 0.355 e. The van der Waals surface area contributed by atoms with Gasteiger partial charge in [-0.2, -0.15) is 0 Å². The first-order valence-corrected chi connectivity index (χ1v) is 6.15. The number of aryl methyl sites for hydroxylation is 1. The number of hydrogen-bond donors (Lipinski definition) is 2. The number of nitrogen functional groups attached to an aromatic ring is 1. The van der Waals surface area contributed by atoms with Crippen molar-refractivity contribution in [1.82, 2.24) is 9.38 Å². The summed E-state index contributed by atoms with van der Waals surface area (Å²) in [5, 5.41) is 9.47. The highest BCUT2D eigenvalue weighted by Crippen LogP contribution is 2.26. The molecule has 5 heteroatoms. The van der Waals surface area contributed by atoms with Gasteiger partial charge >= 0.3 is 5.97 Å². The third kappa shape index (κ3) is 1.80. The van der Waals surface area contributed by atoms with E-state index < -0.39 is 5.97 Å². The fourth-order valence-corrected chi connectivity index (χ4v) is 2.25. The molecule has 0 spiro atoms. The lowest BCUT2D eigenvalue weighted by Gasteiger charge is -2.01. The Kier molecular flexibility index (Phi) is 2.68. The Labute approximate surface area is 115 Å². The molecule has 0 amide bonds. The third-order valence-corrected chi connectivity index (χ3v) is 3.23. The van der Waals surface area contributed by atoms with Crippen LogP contribution in [0, 0.1) is 6.92 Å². The van der Waals surface area contributed by atoms with Gasteiger partial charge in [-0.3, -0.25) is 4.40 Å². The molecule has 100 valence electrons. The van der Waals surface area contributed by atoms with E-state index in [9.17, 15) is 9.90 Å². The molecule has 5 nitrogen and oxygen atoms in total. The van der Waals surface area contributed by atoms with E-state index in [2.05, 4.69) is 4.98 Å². The number of aromatic nitrogens is 2. The van der Waals surface area contributed by atoms with Crippen molar-refractivity contribution in [2.75, 3.05) is 5.73 Å². The van der Waals surface area contributed by atoms with E-state index in [-0.39, 0.29) is 5.69 Å². The summed E-state index contributed by atoms with van der Waals surface area (Å²) >= 11 is 0. The summed E-state index contributed by atoms with van der Waals surface area (Å²) in [6.07, 6.45) is 1.71. The van der Waals surface area contributed by atoms with Gasteiger partial charge in [0.15, 0.2) is 5.69 Å². The van der Waals surface area contributed by atoms with Crippen LogP contribution in [0.15, 0.2) is 42.6 Å². The van der Waals surface area contributed by atoms with Gasteiger partial charge in [0.2, 0.25) is 0 Å². The molecule has 0 aliphatic heterocycles. The van der Waals surface area contributed by atoms with Crippen molar-refractivity contribution in [3.05, 3.63) is 53.9 Å². The molecule has 0 unspecified atom stereocenters. The maximum atomic E-state index is 11.6. The molecule has 0 aliphatic rings. The topological polar surface area (TPSA) is 80.6 Å². The summed E-state index contributed by atoms with van der Waals surface area (Å²) < 4.78 is 1.60. The van der Waals surface area contributed by atoms with Gasteiger partial charge in [-0.15, -0.1) is 0 Å². The monoisotopic (exact) mass is 267 g/mol. The first-order chi connectivity index (χ1) is 9.58. The van der Waals surface area contributed by atoms with Crippen LogP contribution in [0.4, 0.5) is 5.69 Å². The number of carboxylic acids is 1. The van der Waals surface area contributed by atoms with Crippen molar-refractivity contribution in [2.24, 2.45) is 0 Å². The van der Waals surface area contributed by atoms with Crippen molar-refractivity contribution in [3.8, 4) is 11.3 Å². The van der Waals surface area contributed by atoms with Crippen molar-refractivity contribution < 1.29 is 9.90 Å². The number of rotatable bonds is 2. The zero-order valence-electron chi connectivity index (χ0n) is 10.9. The van der Waals surface area contributed by atoms with E-state index in [1.165, 1.54) is 0 Å². The van der Waals surface area contributed by atoms with Crippen LogP contribution >= 0.6 is 0 Å². The zero-order valence-corrected chi connectivity index (χ0v) is 10.9. The van der Waals surface area contributed by atoms with Gasteiger partial charge in [-0.05, 0) is 30.7 Å². The van der Waals surface area contributed by atoms with Crippen LogP contribution in [-0.2, 0) is 0 Å². The predicted octanol–water partition coefficient (Wildman–Crippen LogP) is 2.59. The van der Waals surface area contributed by atoms with E-state index in [0.29, 0.717) is 17.0 Å². The molecule has 3 rings (SSSR count). The number of benzene rings is 1. The van der Waals surface area contributed by atoms with Crippen LogP contribution in [0.5, 0.6) is 0 Å². The van der Waals surface area contributed by atoms with E-state index in [0.717, 1.165) is 11.1 Å². The molecule has 2 heterocycles. The highest BCUT2D eigenvalue weighted by Gasteiger charge is 2.20. The average molecular weight is 267 g/mol. The van der Waals surface area contributed by atoms with Crippen LogP contribution < -0.4 is 5.73 Å². The Balaban J connectivity index is 2.35. The number of fused-ring (bicyclic) bond motifs is 1. The maximum absolute atomic E-state index is 11.6. The van der Waals surface area contributed by atoms with E-state index in [1.54, 1.807) is 34.9 Å². The SMILES string of the molecule is Cc1cccn2c(C(=O)O)c(-c3ccc(N)cc3)nc12. The van der Waals surface area contributed by atoms with Gasteiger partial charge in [-0.25, -0.2) is 9.78 Å². The number of nitrogens with zero attached hydrogens (tertiary/aromatic N) is 2. The molecule has 0 atom stereocenters. The van der Waals surface area contributed by atoms with Crippen LogP contribution in [0.3, 0.4) is 0 Å². The summed E-state index contributed by atoms with van der Waals surface area (Å²) in [6, 6.07) is 10.7. The summed E-state index contributed by atoms with van der Waals surface area (Å²) in [5.41, 5.74) is 9.21. The lowest BCUT2D eigenvalue weighted by atomic mass is 10.1. The molecule has 0 saturated heterocycles. The molecule has 0 fully saturated rings. The molecule has 20 heavy (non-hydrogen) atoms. The minimum atomic E-state index is -1.00. The lowest BCUT2D eigenvalue weighted by Crippen LogP contribution is -2.03. The minimum absolute atomic E-state index is 0.161. The molecule has 3 N–H and O–H groups in total. The number of aromatic carboxylic acids is 1. The third-order valence-electron chi connectivity index (χ3n) is 3.23. The van der Waals surface area contributed by atoms with Gasteiger partial charge in [0.1, 0.15) is 11.3 Å². The zero-order chi connectivity index (χ0) is 14.3. The molecular weight excluding hydrogens is 254 g/mol. The lowest BCUT2D eigenvalue weighted by molar-refractivity contribution is 0.0690. The Bertz CT molecular complexity index is 804. The quantitative estimate of drug-likeness (QED) is 0.699. The van der Waals surface area contributed by atoms with Gasteiger partial charge in [-0.1, -0.05) is 18.2 Å². The van der Waals surface area contributed by atoms with Crippen LogP contribution in [-0.4, -0.2) is 20.5 Å². The second-order valence-electron chi connectivity index (χ2n) is 4.62. The number of pyridine rings is 1. The number of nitrogens with two attached hydrogens (primary N) is 1. The fraction of sp³-hybridized carbons (Fsp3) is 0.0667. The molecule has 0 aliphatic carbocycles. The second kappa shape index (κ2) is 4.38. The van der Waals surface area contributed by atoms with Crippen molar-refractivity contribution >= 4 is 17.3 Å². The number of carboxylic acid groups (broad SMARTS) is 1. The Morgan fingerprint density at radius 2 is 1.95 bits per heavy atom. The van der Waals surface area contributed by atoms with Crippen LogP contribution in [0.1, 0.15) is 16.1 Å². The van der Waals surface area contributed by atoms with E-state index >= 15 is 0 Å². The Morgan fingerprint density at radius 3 is 2.60 bits per heavy atom. The molecule has 0 radical (unpaired) electrons. The molecule has 0 bridgehead atoms. The van der Waals surface area contributed by atoms with Gasteiger partial charge in [0.05, 0.1) is 0 Å². The van der Waals surface area contributed by atoms with Crippen molar-refractivity contribution in [2.45, 2.75) is 6.92 Å². The molecule has 2 aromatic heterocycles. The second-order valence-corrected chi connectivity index (χ2v) is 4.62. The number of hydrogen-bond acceptors (Lipinski definition) is 3. The first-order valence-electron chi connectivity index (χ1n) is 6.15. The predicted molar refractivity (Wildman–Crippen MR) is 76.7 cm³/mol. The van der Waals surface area contributed by atoms with Crippen LogP contribution in [0.2, 0.25) is 0 Å². The normalized spacial score (nSPS) is 10.8. The highest BCUT2D eigenvalue weighted by molar-refractivity contribution is 5.95.